The zero-order valence-electron chi connectivity index (χ0n) is 7.95. The van der Waals surface area contributed by atoms with Crippen molar-refractivity contribution in [1.82, 2.24) is 10.2 Å². The Labute approximate surface area is 78.7 Å². The summed E-state index contributed by atoms with van der Waals surface area (Å²) in [5, 5.41) is 12.4. The lowest BCUT2D eigenvalue weighted by Crippen LogP contribution is -2.42. The summed E-state index contributed by atoms with van der Waals surface area (Å²) in [6, 6.07) is 0. The van der Waals surface area contributed by atoms with Crippen LogP contribution in [0.15, 0.2) is 23.7 Å². The minimum atomic E-state index is 0.121. The second-order valence-electron chi connectivity index (χ2n) is 3.11. The van der Waals surface area contributed by atoms with Crippen molar-refractivity contribution < 1.29 is 5.11 Å². The van der Waals surface area contributed by atoms with Gasteiger partial charge in [0.25, 0.3) is 0 Å². The van der Waals surface area contributed by atoms with Crippen LogP contribution in [0.3, 0.4) is 0 Å². The molecule has 1 aliphatic heterocycles. The summed E-state index contributed by atoms with van der Waals surface area (Å²) in [7, 11) is 0. The normalized spacial score (nSPS) is 20.5. The Balaban J connectivity index is 2.54. The first-order chi connectivity index (χ1) is 6.24. The van der Waals surface area contributed by atoms with Gasteiger partial charge in [-0.05, 0) is 6.92 Å². The third-order valence-corrected chi connectivity index (χ3v) is 2.14. The van der Waals surface area contributed by atoms with Crippen LogP contribution in [0.2, 0.25) is 0 Å². The van der Waals surface area contributed by atoms with Gasteiger partial charge in [-0.1, -0.05) is 0 Å². The van der Waals surface area contributed by atoms with Gasteiger partial charge < -0.3 is 21.1 Å². The quantitative estimate of drug-likeness (QED) is 0.421. The number of hydrogen-bond acceptors (Lipinski definition) is 4. The van der Waals surface area contributed by atoms with E-state index in [4.69, 9.17) is 5.73 Å². The molecule has 0 radical (unpaired) electrons. The molecular weight excluding hydrogens is 166 g/mol. The molecule has 4 nitrogen and oxygen atoms in total. The highest BCUT2D eigenvalue weighted by molar-refractivity contribution is 5.15. The SMILES string of the molecule is C/C(=C\C(O)=C/N)N1CCNCC1. The summed E-state index contributed by atoms with van der Waals surface area (Å²) in [6.07, 6.45) is 2.89. The van der Waals surface area contributed by atoms with Crippen LogP contribution in [0, 0.1) is 0 Å². The van der Waals surface area contributed by atoms with Gasteiger partial charge in [0, 0.05) is 44.2 Å². The van der Waals surface area contributed by atoms with Gasteiger partial charge in [-0.2, -0.15) is 0 Å². The van der Waals surface area contributed by atoms with Crippen molar-refractivity contribution in [2.45, 2.75) is 6.92 Å². The molecule has 1 heterocycles. The molecule has 13 heavy (non-hydrogen) atoms. The van der Waals surface area contributed by atoms with Gasteiger partial charge in [0.2, 0.25) is 0 Å². The van der Waals surface area contributed by atoms with E-state index in [2.05, 4.69) is 10.2 Å². The molecule has 0 aromatic rings. The van der Waals surface area contributed by atoms with Crippen molar-refractivity contribution in [3.8, 4) is 0 Å². The summed E-state index contributed by atoms with van der Waals surface area (Å²) in [6.45, 7) is 5.95. The van der Waals surface area contributed by atoms with Crippen molar-refractivity contribution in [3.63, 3.8) is 0 Å². The second kappa shape index (κ2) is 4.77. The van der Waals surface area contributed by atoms with E-state index in [1.54, 1.807) is 6.08 Å². The predicted molar refractivity (Wildman–Crippen MR) is 53.1 cm³/mol. The number of allylic oxidation sites excluding steroid dienone is 2. The van der Waals surface area contributed by atoms with Crippen molar-refractivity contribution in [2.24, 2.45) is 5.73 Å². The number of nitrogens with one attached hydrogen (secondary N) is 1. The zero-order chi connectivity index (χ0) is 9.68. The molecule has 4 heteroatoms. The molecule has 1 rings (SSSR count). The molecule has 1 aliphatic rings. The van der Waals surface area contributed by atoms with Crippen molar-refractivity contribution in [1.29, 1.82) is 0 Å². The summed E-state index contributed by atoms with van der Waals surface area (Å²) in [5.41, 5.74) is 6.22. The molecule has 0 aliphatic carbocycles. The summed E-state index contributed by atoms with van der Waals surface area (Å²) < 4.78 is 0. The Bertz CT molecular complexity index is 217. The van der Waals surface area contributed by atoms with E-state index >= 15 is 0 Å². The third-order valence-electron chi connectivity index (χ3n) is 2.14. The Morgan fingerprint density at radius 2 is 2.08 bits per heavy atom. The minimum Gasteiger partial charge on any atom is -0.506 e. The topological polar surface area (TPSA) is 61.5 Å². The summed E-state index contributed by atoms with van der Waals surface area (Å²) >= 11 is 0. The first-order valence-corrected chi connectivity index (χ1v) is 4.49. The van der Waals surface area contributed by atoms with Gasteiger partial charge in [-0.15, -0.1) is 0 Å². The largest absolute Gasteiger partial charge is 0.506 e. The number of hydrogen-bond donors (Lipinski definition) is 3. The van der Waals surface area contributed by atoms with E-state index in [0.29, 0.717) is 0 Å². The maximum atomic E-state index is 9.18. The molecule has 0 saturated carbocycles. The van der Waals surface area contributed by atoms with E-state index in [0.717, 1.165) is 31.9 Å². The van der Waals surface area contributed by atoms with Crippen LogP contribution in [0.25, 0.3) is 0 Å². The lowest BCUT2D eigenvalue weighted by atomic mass is 10.3. The van der Waals surface area contributed by atoms with E-state index in [1.165, 1.54) is 6.20 Å². The fourth-order valence-electron chi connectivity index (χ4n) is 1.37. The highest BCUT2D eigenvalue weighted by Gasteiger charge is 2.09. The third kappa shape index (κ3) is 2.99. The van der Waals surface area contributed by atoms with Crippen LogP contribution in [-0.4, -0.2) is 36.2 Å². The Hall–Kier alpha value is -1.16. The van der Waals surface area contributed by atoms with E-state index in [9.17, 15) is 5.11 Å². The van der Waals surface area contributed by atoms with Gasteiger partial charge in [0.1, 0.15) is 5.76 Å². The molecule has 0 aromatic heterocycles. The fourth-order valence-corrected chi connectivity index (χ4v) is 1.37. The average molecular weight is 183 g/mol. The molecular formula is C9H17N3O. The van der Waals surface area contributed by atoms with Crippen LogP contribution in [0.1, 0.15) is 6.92 Å². The molecule has 1 fully saturated rings. The molecule has 0 bridgehead atoms. The lowest BCUT2D eigenvalue weighted by molar-refractivity contribution is 0.297. The van der Waals surface area contributed by atoms with E-state index in [1.807, 2.05) is 6.92 Å². The molecule has 0 atom stereocenters. The van der Waals surface area contributed by atoms with Crippen LogP contribution in [0.5, 0.6) is 0 Å². The van der Waals surface area contributed by atoms with Crippen molar-refractivity contribution in [3.05, 3.63) is 23.7 Å². The van der Waals surface area contributed by atoms with E-state index < -0.39 is 0 Å². The monoisotopic (exact) mass is 183 g/mol. The number of rotatable bonds is 2. The van der Waals surface area contributed by atoms with Crippen molar-refractivity contribution in [2.75, 3.05) is 26.2 Å². The maximum absolute atomic E-state index is 9.18. The Morgan fingerprint density at radius 3 is 2.62 bits per heavy atom. The first kappa shape index (κ1) is 9.92. The lowest BCUT2D eigenvalue weighted by Gasteiger charge is -2.29. The number of aliphatic hydroxyl groups excluding tert-OH is 1. The molecule has 4 N–H and O–H groups in total. The molecule has 1 saturated heterocycles. The van der Waals surface area contributed by atoms with Crippen LogP contribution >= 0.6 is 0 Å². The molecule has 74 valence electrons. The molecule has 0 spiro atoms. The number of nitrogens with two attached hydrogens (primary N) is 1. The highest BCUT2D eigenvalue weighted by atomic mass is 16.3. The van der Waals surface area contributed by atoms with Crippen LogP contribution < -0.4 is 11.1 Å². The highest BCUT2D eigenvalue weighted by Crippen LogP contribution is 2.06. The molecule has 0 amide bonds. The van der Waals surface area contributed by atoms with Gasteiger partial charge >= 0.3 is 0 Å². The second-order valence-corrected chi connectivity index (χ2v) is 3.11. The standard InChI is InChI=1S/C9H17N3O/c1-8(6-9(13)7-10)12-4-2-11-3-5-12/h6-7,11,13H,2-5,10H2,1H3/b8-6+,9-7+. The Kier molecular flexibility index (Phi) is 3.64. The smallest absolute Gasteiger partial charge is 0.132 e. The Morgan fingerprint density at radius 1 is 1.46 bits per heavy atom. The number of nitrogens with zero attached hydrogens (tertiary/aromatic N) is 1. The fraction of sp³-hybridized carbons (Fsp3) is 0.556. The van der Waals surface area contributed by atoms with Crippen molar-refractivity contribution >= 4 is 0 Å². The zero-order valence-corrected chi connectivity index (χ0v) is 7.95. The van der Waals surface area contributed by atoms with Crippen LogP contribution in [0.4, 0.5) is 0 Å². The van der Waals surface area contributed by atoms with Gasteiger partial charge in [-0.25, -0.2) is 0 Å². The first-order valence-electron chi connectivity index (χ1n) is 4.49. The van der Waals surface area contributed by atoms with Crippen LogP contribution in [-0.2, 0) is 0 Å². The van der Waals surface area contributed by atoms with E-state index in [-0.39, 0.29) is 5.76 Å². The summed E-state index contributed by atoms with van der Waals surface area (Å²) in [5.74, 6) is 0.121. The van der Waals surface area contributed by atoms with Gasteiger partial charge in [-0.3, -0.25) is 0 Å². The maximum Gasteiger partial charge on any atom is 0.132 e. The molecule has 0 aromatic carbocycles. The number of piperazine rings is 1. The summed E-state index contributed by atoms with van der Waals surface area (Å²) in [4.78, 5) is 2.22. The number of aliphatic hydroxyl groups is 1. The van der Waals surface area contributed by atoms with Gasteiger partial charge in [0.15, 0.2) is 0 Å². The molecule has 0 unspecified atom stereocenters. The predicted octanol–water partition coefficient (Wildman–Crippen LogP) is 0.154. The minimum absolute atomic E-state index is 0.121. The van der Waals surface area contributed by atoms with Gasteiger partial charge in [0.05, 0.1) is 0 Å². The average Bonchev–Trinajstić information content (AvgIpc) is 2.19.